The third kappa shape index (κ3) is 5.15. The SMILES string of the molecule is NC(CO)(CO)CC(O)c1ccc(Sc2ccc(-c3ncccn3)cc2)cc1. The lowest BCUT2D eigenvalue weighted by Crippen LogP contribution is -2.48. The number of benzene rings is 2. The summed E-state index contributed by atoms with van der Waals surface area (Å²) in [5.41, 5.74) is 6.30. The van der Waals surface area contributed by atoms with Crippen molar-refractivity contribution in [1.29, 1.82) is 0 Å². The maximum Gasteiger partial charge on any atom is 0.159 e. The topological polar surface area (TPSA) is 112 Å². The van der Waals surface area contributed by atoms with E-state index in [1.807, 2.05) is 48.5 Å². The van der Waals surface area contributed by atoms with Crippen LogP contribution in [0.1, 0.15) is 18.1 Å². The largest absolute Gasteiger partial charge is 0.394 e. The van der Waals surface area contributed by atoms with Gasteiger partial charge in [0.1, 0.15) is 0 Å². The smallest absolute Gasteiger partial charge is 0.159 e. The van der Waals surface area contributed by atoms with Gasteiger partial charge >= 0.3 is 0 Å². The van der Waals surface area contributed by atoms with Crippen LogP contribution in [0.5, 0.6) is 0 Å². The van der Waals surface area contributed by atoms with Gasteiger partial charge < -0.3 is 21.1 Å². The van der Waals surface area contributed by atoms with Crippen molar-refractivity contribution in [2.75, 3.05) is 13.2 Å². The summed E-state index contributed by atoms with van der Waals surface area (Å²) >= 11 is 1.61. The van der Waals surface area contributed by atoms with Crippen LogP contribution >= 0.6 is 11.8 Å². The number of hydrogen-bond acceptors (Lipinski definition) is 7. The molecular weight excluding hydrogens is 374 g/mol. The van der Waals surface area contributed by atoms with Gasteiger partial charge in [0.2, 0.25) is 0 Å². The van der Waals surface area contributed by atoms with Crippen molar-refractivity contribution in [3.8, 4) is 11.4 Å². The maximum absolute atomic E-state index is 10.3. The molecule has 1 heterocycles. The predicted molar refractivity (Wildman–Crippen MR) is 109 cm³/mol. The molecule has 0 aliphatic carbocycles. The van der Waals surface area contributed by atoms with Gasteiger partial charge in [-0.3, -0.25) is 0 Å². The van der Waals surface area contributed by atoms with E-state index in [0.29, 0.717) is 11.4 Å². The van der Waals surface area contributed by atoms with E-state index in [1.54, 1.807) is 30.2 Å². The van der Waals surface area contributed by atoms with Crippen LogP contribution in [0.4, 0.5) is 0 Å². The lowest BCUT2D eigenvalue weighted by molar-refractivity contribution is 0.0618. The quantitative estimate of drug-likeness (QED) is 0.462. The van der Waals surface area contributed by atoms with Crippen LogP contribution in [-0.2, 0) is 0 Å². The zero-order valence-corrected chi connectivity index (χ0v) is 16.1. The van der Waals surface area contributed by atoms with Crippen molar-refractivity contribution in [3.05, 3.63) is 72.6 Å². The summed E-state index contributed by atoms with van der Waals surface area (Å²) in [6.45, 7) is -0.781. The Balaban J connectivity index is 1.64. The molecular formula is C21H23N3O3S. The van der Waals surface area contributed by atoms with Gasteiger partial charge in [0.25, 0.3) is 0 Å². The van der Waals surface area contributed by atoms with Crippen LogP contribution < -0.4 is 5.73 Å². The number of nitrogens with zero attached hydrogens (tertiary/aromatic N) is 2. The van der Waals surface area contributed by atoms with Gasteiger partial charge in [-0.25, -0.2) is 9.97 Å². The van der Waals surface area contributed by atoms with Crippen molar-refractivity contribution in [1.82, 2.24) is 9.97 Å². The highest BCUT2D eigenvalue weighted by molar-refractivity contribution is 7.99. The highest BCUT2D eigenvalue weighted by Crippen LogP contribution is 2.31. The molecule has 0 spiro atoms. The molecule has 2 aromatic carbocycles. The Labute approximate surface area is 168 Å². The Morgan fingerprint density at radius 2 is 1.43 bits per heavy atom. The average molecular weight is 398 g/mol. The summed E-state index contributed by atoms with van der Waals surface area (Å²) in [7, 11) is 0. The van der Waals surface area contributed by atoms with Crippen LogP contribution in [0.2, 0.25) is 0 Å². The lowest BCUT2D eigenvalue weighted by Gasteiger charge is -2.27. The Hall–Kier alpha value is -2.29. The molecule has 146 valence electrons. The van der Waals surface area contributed by atoms with E-state index in [4.69, 9.17) is 5.73 Å². The summed E-state index contributed by atoms with van der Waals surface area (Å²) < 4.78 is 0. The molecule has 3 aromatic rings. The van der Waals surface area contributed by atoms with Crippen molar-refractivity contribution in [2.45, 2.75) is 27.9 Å². The molecule has 0 amide bonds. The number of hydrogen-bond donors (Lipinski definition) is 4. The molecule has 0 saturated carbocycles. The van der Waals surface area contributed by atoms with Crippen LogP contribution in [0.25, 0.3) is 11.4 Å². The fourth-order valence-corrected chi connectivity index (χ4v) is 3.51. The van der Waals surface area contributed by atoms with E-state index in [9.17, 15) is 15.3 Å². The maximum atomic E-state index is 10.3. The summed E-state index contributed by atoms with van der Waals surface area (Å²) in [5.74, 6) is 0.694. The highest BCUT2D eigenvalue weighted by Gasteiger charge is 2.27. The van der Waals surface area contributed by atoms with E-state index in [2.05, 4.69) is 9.97 Å². The van der Waals surface area contributed by atoms with Gasteiger partial charge in [-0.1, -0.05) is 36.0 Å². The predicted octanol–water partition coefficient (Wildman–Crippen LogP) is 2.40. The van der Waals surface area contributed by atoms with E-state index < -0.39 is 24.9 Å². The Morgan fingerprint density at radius 3 is 1.96 bits per heavy atom. The number of nitrogens with two attached hydrogens (primary N) is 1. The molecule has 0 saturated heterocycles. The monoisotopic (exact) mass is 397 g/mol. The van der Waals surface area contributed by atoms with Gasteiger partial charge in [0.05, 0.1) is 24.9 Å². The van der Waals surface area contributed by atoms with Gasteiger partial charge in [0, 0.05) is 27.7 Å². The fraction of sp³-hybridized carbons (Fsp3) is 0.238. The molecule has 6 nitrogen and oxygen atoms in total. The third-order valence-corrected chi connectivity index (χ3v) is 5.42. The normalized spacial score (nSPS) is 12.7. The van der Waals surface area contributed by atoms with Crippen molar-refractivity contribution in [2.24, 2.45) is 5.73 Å². The molecule has 7 heteroatoms. The molecule has 5 N–H and O–H groups in total. The van der Waals surface area contributed by atoms with Gasteiger partial charge in [-0.2, -0.15) is 0 Å². The lowest BCUT2D eigenvalue weighted by atomic mass is 9.92. The number of aliphatic hydroxyl groups is 3. The molecule has 28 heavy (non-hydrogen) atoms. The number of rotatable bonds is 8. The second kappa shape index (κ2) is 9.27. The van der Waals surface area contributed by atoms with Crippen LogP contribution in [-0.4, -0.2) is 44.0 Å². The molecule has 1 atom stereocenters. The Morgan fingerprint density at radius 1 is 0.893 bits per heavy atom. The second-order valence-corrected chi connectivity index (χ2v) is 7.81. The summed E-state index contributed by atoms with van der Waals surface area (Å²) in [5, 5.41) is 28.9. The highest BCUT2D eigenvalue weighted by atomic mass is 32.2. The summed E-state index contributed by atoms with van der Waals surface area (Å²) in [4.78, 5) is 10.6. The zero-order chi connectivity index (χ0) is 20.0. The van der Waals surface area contributed by atoms with Gasteiger partial charge in [-0.15, -0.1) is 0 Å². The Kier molecular flexibility index (Phi) is 6.77. The zero-order valence-electron chi connectivity index (χ0n) is 15.3. The van der Waals surface area contributed by atoms with Crippen LogP contribution in [0.15, 0.2) is 76.8 Å². The molecule has 0 radical (unpaired) electrons. The molecule has 0 fully saturated rings. The van der Waals surface area contributed by atoms with E-state index in [0.717, 1.165) is 15.4 Å². The molecule has 0 aliphatic rings. The first-order chi connectivity index (χ1) is 13.5. The van der Waals surface area contributed by atoms with Crippen LogP contribution in [0, 0.1) is 0 Å². The van der Waals surface area contributed by atoms with Gasteiger partial charge in [-0.05, 0) is 42.3 Å². The average Bonchev–Trinajstić information content (AvgIpc) is 2.75. The van der Waals surface area contributed by atoms with Crippen LogP contribution in [0.3, 0.4) is 0 Å². The first-order valence-electron chi connectivity index (χ1n) is 8.87. The minimum Gasteiger partial charge on any atom is -0.394 e. The summed E-state index contributed by atoms with van der Waals surface area (Å²) in [6.07, 6.45) is 2.66. The van der Waals surface area contributed by atoms with E-state index in [1.165, 1.54) is 0 Å². The minimum atomic E-state index is -1.20. The van der Waals surface area contributed by atoms with Crippen molar-refractivity contribution < 1.29 is 15.3 Å². The second-order valence-electron chi connectivity index (χ2n) is 6.67. The fourth-order valence-electron chi connectivity index (χ4n) is 2.70. The first kappa shape index (κ1) is 20.4. The summed E-state index contributed by atoms with van der Waals surface area (Å²) in [6, 6.07) is 17.3. The Bertz CT molecular complexity index is 870. The number of aliphatic hydroxyl groups excluding tert-OH is 3. The molecule has 0 bridgehead atoms. The molecule has 1 aromatic heterocycles. The molecule has 3 rings (SSSR count). The van der Waals surface area contributed by atoms with E-state index in [-0.39, 0.29) is 6.42 Å². The number of aromatic nitrogens is 2. The third-order valence-electron chi connectivity index (χ3n) is 4.41. The minimum absolute atomic E-state index is 0.0789. The first-order valence-corrected chi connectivity index (χ1v) is 9.68. The van der Waals surface area contributed by atoms with Gasteiger partial charge in [0.15, 0.2) is 5.82 Å². The molecule has 0 aliphatic heterocycles. The molecule has 1 unspecified atom stereocenters. The van der Waals surface area contributed by atoms with Crippen molar-refractivity contribution in [3.63, 3.8) is 0 Å². The van der Waals surface area contributed by atoms with Crippen molar-refractivity contribution >= 4 is 11.8 Å². The van der Waals surface area contributed by atoms with E-state index >= 15 is 0 Å². The standard InChI is InChI=1S/C21H23N3O3S/c22-21(13-25,14-26)12-19(27)15-2-6-17(7-3-15)28-18-8-4-16(5-9-18)20-23-10-1-11-24-20/h1-11,19,25-27H,12-14,22H2.